The number of benzene rings is 2. The van der Waals surface area contributed by atoms with Gasteiger partial charge >= 0.3 is 0 Å². The molecule has 0 spiro atoms. The fraction of sp³-hybridized carbons (Fsp3) is 0.235. The highest BCUT2D eigenvalue weighted by Gasteiger charge is 2.37. The summed E-state index contributed by atoms with van der Waals surface area (Å²) < 4.78 is 28.1. The highest BCUT2D eigenvalue weighted by molar-refractivity contribution is 9.10. The smallest absolute Gasteiger partial charge is 0.254 e. The fourth-order valence-corrected chi connectivity index (χ4v) is 3.31. The van der Waals surface area contributed by atoms with Crippen LogP contribution in [-0.4, -0.2) is 30.7 Å². The van der Waals surface area contributed by atoms with Crippen LogP contribution in [0.15, 0.2) is 46.9 Å². The maximum Gasteiger partial charge on any atom is 0.254 e. The van der Waals surface area contributed by atoms with E-state index >= 15 is 0 Å². The minimum atomic E-state index is -2.60. The summed E-state index contributed by atoms with van der Waals surface area (Å²) in [6.45, 7) is -2.83. The number of carbonyl (C=O) groups is 1. The van der Waals surface area contributed by atoms with Gasteiger partial charge < -0.3 is 15.2 Å². The molecule has 5 heteroatoms. The molecule has 22 heavy (non-hydrogen) atoms. The van der Waals surface area contributed by atoms with E-state index in [9.17, 15) is 9.90 Å². The summed E-state index contributed by atoms with van der Waals surface area (Å²) in [7, 11) is 0. The van der Waals surface area contributed by atoms with Gasteiger partial charge in [0.05, 0.1) is 18.1 Å². The van der Waals surface area contributed by atoms with Crippen molar-refractivity contribution in [1.29, 1.82) is 0 Å². The molecule has 4 nitrogen and oxygen atoms in total. The third-order valence-corrected chi connectivity index (χ3v) is 4.21. The Morgan fingerprint density at radius 2 is 2.18 bits per heavy atom. The molecule has 0 radical (unpaired) electrons. The lowest BCUT2D eigenvalue weighted by atomic mass is 9.88. The third kappa shape index (κ3) is 2.51. The van der Waals surface area contributed by atoms with E-state index in [4.69, 9.17) is 8.85 Å². The predicted molar refractivity (Wildman–Crippen MR) is 87.3 cm³/mol. The Morgan fingerprint density at radius 3 is 2.86 bits per heavy atom. The van der Waals surface area contributed by atoms with Gasteiger partial charge in [-0.05, 0) is 17.7 Å². The van der Waals surface area contributed by atoms with Crippen molar-refractivity contribution in [2.75, 3.05) is 13.6 Å². The van der Waals surface area contributed by atoms with Crippen LogP contribution in [0.4, 0.5) is 0 Å². The molecule has 1 aliphatic rings. The number of carbonyl (C=O) groups excluding carboxylic acids is 1. The van der Waals surface area contributed by atoms with Crippen LogP contribution in [0.5, 0.6) is 5.75 Å². The first-order valence-electron chi connectivity index (χ1n) is 8.28. The molecular formula is C17H16BrNO3. The SMILES string of the molecule is [2H]C([2H])([2H])NC(=O)c1cc(Br)cc2c1O[C@@H](CO)[C@@H]2c1ccccc1. The predicted octanol–water partition coefficient (Wildman–Crippen LogP) is 2.69. The van der Waals surface area contributed by atoms with Gasteiger partial charge in [0.15, 0.2) is 0 Å². The van der Waals surface area contributed by atoms with Crippen molar-refractivity contribution in [3.05, 3.63) is 63.6 Å². The molecule has 2 N–H and O–H groups in total. The number of ether oxygens (including phenoxy) is 1. The molecule has 0 unspecified atom stereocenters. The minimum absolute atomic E-state index is 0.123. The van der Waals surface area contributed by atoms with Gasteiger partial charge in [-0.1, -0.05) is 46.3 Å². The van der Waals surface area contributed by atoms with Gasteiger partial charge in [0.25, 0.3) is 5.91 Å². The van der Waals surface area contributed by atoms with Crippen LogP contribution in [0.2, 0.25) is 0 Å². The van der Waals surface area contributed by atoms with Gasteiger partial charge in [-0.2, -0.15) is 0 Å². The lowest BCUT2D eigenvalue weighted by Gasteiger charge is -2.17. The Bertz CT molecular complexity index is 796. The Labute approximate surface area is 141 Å². The van der Waals surface area contributed by atoms with Gasteiger partial charge in [-0.3, -0.25) is 4.79 Å². The van der Waals surface area contributed by atoms with Crippen LogP contribution >= 0.6 is 15.9 Å². The van der Waals surface area contributed by atoms with Crippen LogP contribution < -0.4 is 10.1 Å². The molecule has 2 aromatic rings. The van der Waals surface area contributed by atoms with E-state index in [2.05, 4.69) is 15.9 Å². The van der Waals surface area contributed by atoms with Crippen LogP contribution in [0.3, 0.4) is 0 Å². The summed E-state index contributed by atoms with van der Waals surface area (Å²) in [4.78, 5) is 12.4. The summed E-state index contributed by atoms with van der Waals surface area (Å²) in [6.07, 6.45) is -0.550. The van der Waals surface area contributed by atoms with E-state index in [-0.39, 0.29) is 18.1 Å². The number of rotatable bonds is 3. The van der Waals surface area contributed by atoms with E-state index in [0.717, 1.165) is 11.1 Å². The molecule has 0 fully saturated rings. The zero-order valence-corrected chi connectivity index (χ0v) is 13.1. The number of aliphatic hydroxyl groups excluding tert-OH is 1. The summed E-state index contributed by atoms with van der Waals surface area (Å²) in [5, 5.41) is 11.7. The number of fused-ring (bicyclic) bond motifs is 1. The van der Waals surface area contributed by atoms with Gasteiger partial charge in [0.1, 0.15) is 11.9 Å². The van der Waals surface area contributed by atoms with E-state index in [0.29, 0.717) is 10.2 Å². The van der Waals surface area contributed by atoms with E-state index in [1.165, 1.54) is 6.07 Å². The molecular weight excluding hydrogens is 346 g/mol. The highest BCUT2D eigenvalue weighted by atomic mass is 79.9. The van der Waals surface area contributed by atoms with Gasteiger partial charge in [0, 0.05) is 21.1 Å². The number of hydrogen-bond donors (Lipinski definition) is 2. The monoisotopic (exact) mass is 364 g/mol. The summed E-state index contributed by atoms with van der Waals surface area (Å²) in [5.74, 6) is -0.696. The molecule has 0 saturated heterocycles. The first kappa shape index (κ1) is 11.7. The summed E-state index contributed by atoms with van der Waals surface area (Å²) in [6, 6.07) is 12.9. The van der Waals surface area contributed by atoms with Crippen molar-refractivity contribution < 1.29 is 18.8 Å². The lowest BCUT2D eigenvalue weighted by molar-refractivity contribution is 0.0947. The minimum Gasteiger partial charge on any atom is -0.486 e. The van der Waals surface area contributed by atoms with Crippen LogP contribution in [-0.2, 0) is 0 Å². The second-order valence-corrected chi connectivity index (χ2v) is 5.97. The Morgan fingerprint density at radius 1 is 1.41 bits per heavy atom. The van der Waals surface area contributed by atoms with Crippen molar-refractivity contribution in [1.82, 2.24) is 5.32 Å². The maximum absolute atomic E-state index is 12.4. The number of hydrogen-bond acceptors (Lipinski definition) is 3. The summed E-state index contributed by atoms with van der Waals surface area (Å²) in [5.41, 5.74) is 1.80. The molecule has 0 saturated carbocycles. The molecule has 2 atom stereocenters. The number of amides is 1. The van der Waals surface area contributed by atoms with Crippen molar-refractivity contribution in [2.24, 2.45) is 0 Å². The second kappa shape index (κ2) is 6.10. The number of halogens is 1. The van der Waals surface area contributed by atoms with Crippen LogP contribution in [0.1, 0.15) is 31.5 Å². The molecule has 0 bridgehead atoms. The highest BCUT2D eigenvalue weighted by Crippen LogP contribution is 2.45. The zero-order valence-electron chi connectivity index (χ0n) is 14.5. The second-order valence-electron chi connectivity index (χ2n) is 5.05. The largest absolute Gasteiger partial charge is 0.486 e. The lowest BCUT2D eigenvalue weighted by Crippen LogP contribution is -2.24. The molecule has 1 amide bonds. The fourth-order valence-electron chi connectivity index (χ4n) is 2.83. The van der Waals surface area contributed by atoms with E-state index < -0.39 is 19.0 Å². The van der Waals surface area contributed by atoms with E-state index in [1.54, 1.807) is 0 Å². The molecule has 114 valence electrons. The van der Waals surface area contributed by atoms with Gasteiger partial charge in [0.2, 0.25) is 0 Å². The first-order valence-corrected chi connectivity index (χ1v) is 7.58. The van der Waals surface area contributed by atoms with Crippen molar-refractivity contribution >= 4 is 21.8 Å². The molecule has 1 aliphatic heterocycles. The molecule has 0 aromatic heterocycles. The Balaban J connectivity index is 2.09. The molecule has 1 heterocycles. The first-order chi connectivity index (χ1) is 11.8. The quantitative estimate of drug-likeness (QED) is 0.880. The zero-order chi connectivity index (χ0) is 18.2. The molecule has 2 aromatic carbocycles. The maximum atomic E-state index is 12.4. The van der Waals surface area contributed by atoms with Gasteiger partial charge in [-0.15, -0.1) is 0 Å². The van der Waals surface area contributed by atoms with Crippen molar-refractivity contribution in [2.45, 2.75) is 12.0 Å². The normalized spacial score (nSPS) is 22.0. The number of aliphatic hydroxyl groups is 1. The van der Waals surface area contributed by atoms with Crippen LogP contribution in [0.25, 0.3) is 0 Å². The Hall–Kier alpha value is -1.85. The Kier molecular flexibility index (Phi) is 3.24. The van der Waals surface area contributed by atoms with Crippen molar-refractivity contribution in [3.8, 4) is 5.75 Å². The van der Waals surface area contributed by atoms with Crippen LogP contribution in [0, 0.1) is 0 Å². The number of nitrogens with one attached hydrogen (secondary N) is 1. The van der Waals surface area contributed by atoms with Gasteiger partial charge in [-0.25, -0.2) is 0 Å². The molecule has 3 rings (SSSR count). The van der Waals surface area contributed by atoms with E-state index in [1.807, 2.05) is 41.7 Å². The third-order valence-electron chi connectivity index (χ3n) is 3.76. The molecule has 0 aliphatic carbocycles. The summed E-state index contributed by atoms with van der Waals surface area (Å²) >= 11 is 3.37. The average molecular weight is 365 g/mol. The van der Waals surface area contributed by atoms with Crippen molar-refractivity contribution in [3.63, 3.8) is 0 Å². The average Bonchev–Trinajstić information content (AvgIpc) is 2.91. The standard InChI is InChI=1S/C17H16BrNO3/c1-19-17(21)13-8-11(18)7-12-15(10-5-3-2-4-6-10)14(9-20)22-16(12)13/h2-8,14-15,20H,9H2,1H3,(H,19,21)/t14-,15+/m0/s1/i1D3. The topological polar surface area (TPSA) is 58.6 Å².